The van der Waals surface area contributed by atoms with Gasteiger partial charge in [0.2, 0.25) is 0 Å². The molecule has 0 unspecified atom stereocenters. The molecule has 0 aliphatic rings. The Hall–Kier alpha value is 6.34. The van der Waals surface area contributed by atoms with Crippen LogP contribution >= 0.6 is 0 Å². The molecule has 0 aromatic rings. The summed E-state index contributed by atoms with van der Waals surface area (Å²) < 4.78 is 0. The fraction of sp³-hybridized carbons (Fsp3) is 0. The summed E-state index contributed by atoms with van der Waals surface area (Å²) in [5.41, 5.74) is 0. The van der Waals surface area contributed by atoms with Gasteiger partial charge >= 0.3 is 239 Å². The zero-order valence-electron chi connectivity index (χ0n) is 2.71. The van der Waals surface area contributed by atoms with Crippen molar-refractivity contribution in [2.24, 2.45) is 0 Å². The van der Waals surface area contributed by atoms with Gasteiger partial charge in [0, 0.05) is 0 Å². The fourth-order valence-electron chi connectivity index (χ4n) is 0. The van der Waals surface area contributed by atoms with E-state index < -0.39 is 11.9 Å². The molecule has 0 spiro atoms. The molecule has 0 heterocycles. The zero-order valence-corrected chi connectivity index (χ0v) is 2.71. The Balaban J connectivity index is -0.0000000125. The summed E-state index contributed by atoms with van der Waals surface area (Å²) in [5, 5.41) is 14.8. The molecule has 0 saturated heterocycles. The van der Waals surface area contributed by atoms with Crippen LogP contribution in [0.1, 0.15) is 0 Å². The van der Waals surface area contributed by atoms with Crippen molar-refractivity contribution < 1.29 is 19.8 Å². The summed E-state index contributed by atoms with van der Waals surface area (Å²) in [4.78, 5) is 18.2. The van der Waals surface area contributed by atoms with Gasteiger partial charge in [0.25, 0.3) is 0 Å². The number of carboxylic acid groups (broad SMARTS) is 2. The summed E-state index contributed by atoms with van der Waals surface area (Å²) in [5.74, 6) is -3.65. The standard InChI is InChI=1S/C2H2O4.5Sr.10H/c3-1(4)2(5)6;;;;;;;;;;;;;;;/h(H,3,4)(H,5,6);;;;;;;;;;;;;;;. The minimum absolute atomic E-state index is 0. The Morgan fingerprint density at radius 3 is 0.727 bits per heavy atom. The van der Waals surface area contributed by atoms with Crippen LogP contribution in [0.25, 0.3) is 0 Å². The fourth-order valence-corrected chi connectivity index (χ4v) is 0. The molecule has 0 aromatic heterocycles. The molecule has 0 amide bonds. The first-order valence-electron chi connectivity index (χ1n) is 1.11. The normalized spacial score (nSPS) is 4.00. The van der Waals surface area contributed by atoms with E-state index in [0.717, 1.165) is 0 Å². The number of rotatable bonds is 0. The SMILES string of the molecule is O=C(O)C(=O)O.[SrH2].[SrH2].[SrH2].[SrH2].[SrH2]. The van der Waals surface area contributed by atoms with Crippen LogP contribution in [-0.4, -0.2) is 250 Å². The van der Waals surface area contributed by atoms with E-state index in [0.29, 0.717) is 0 Å². The van der Waals surface area contributed by atoms with Gasteiger partial charge in [-0.25, -0.2) is 9.59 Å². The average molecular weight is 538 g/mol. The van der Waals surface area contributed by atoms with E-state index in [2.05, 4.69) is 0 Å². The van der Waals surface area contributed by atoms with Crippen molar-refractivity contribution in [2.75, 3.05) is 0 Å². The summed E-state index contributed by atoms with van der Waals surface area (Å²) >= 11 is 0. The van der Waals surface area contributed by atoms with Crippen molar-refractivity contribution in [3.8, 4) is 0 Å². The van der Waals surface area contributed by atoms with Crippen molar-refractivity contribution in [3.05, 3.63) is 0 Å². The molecular weight excluding hydrogens is 526 g/mol. The van der Waals surface area contributed by atoms with E-state index in [1.807, 2.05) is 0 Å². The van der Waals surface area contributed by atoms with Crippen LogP contribution in [0.15, 0.2) is 0 Å². The van der Waals surface area contributed by atoms with E-state index in [1.54, 1.807) is 0 Å². The number of carboxylic acids is 2. The Kier molecular flexibility index (Phi) is 82.7. The number of hydrogen-bond donors (Lipinski definition) is 2. The number of carbonyl (C=O) groups is 2. The Labute approximate surface area is 250 Å². The molecule has 0 saturated carbocycles. The third-order valence-corrected chi connectivity index (χ3v) is 0.183. The van der Waals surface area contributed by atoms with E-state index in [-0.39, 0.29) is 227 Å². The van der Waals surface area contributed by atoms with Crippen molar-refractivity contribution in [1.29, 1.82) is 0 Å². The summed E-state index contributed by atoms with van der Waals surface area (Å²) in [6.07, 6.45) is 0. The molecule has 0 bridgehead atoms. The van der Waals surface area contributed by atoms with Crippen LogP contribution in [0.3, 0.4) is 0 Å². The molecule has 0 aliphatic carbocycles. The van der Waals surface area contributed by atoms with Crippen LogP contribution in [0.4, 0.5) is 0 Å². The molecule has 9 heteroatoms. The van der Waals surface area contributed by atoms with Gasteiger partial charge in [-0.1, -0.05) is 0 Å². The zero-order chi connectivity index (χ0) is 5.15. The predicted octanol–water partition coefficient (Wildman–Crippen LogP) is -5.43. The molecule has 2 N–H and O–H groups in total. The molecule has 0 aromatic carbocycles. The molecule has 0 fully saturated rings. The summed E-state index contributed by atoms with van der Waals surface area (Å²) in [6, 6.07) is 0. The molecule has 11 heavy (non-hydrogen) atoms. The Bertz CT molecular complexity index is 82.5. The van der Waals surface area contributed by atoms with Crippen LogP contribution < -0.4 is 0 Å². The maximum atomic E-state index is 9.10. The first-order chi connectivity index (χ1) is 2.64. The van der Waals surface area contributed by atoms with Crippen molar-refractivity contribution >= 4 is 239 Å². The minimum atomic E-state index is -1.82. The molecular formula is C2H12O4Sr5. The predicted molar refractivity (Wildman–Crippen MR) is 58.0 cm³/mol. The second kappa shape index (κ2) is 25.3. The number of aliphatic carboxylic acids is 2. The molecule has 0 radical (unpaired) electrons. The van der Waals surface area contributed by atoms with Crippen LogP contribution in [-0.2, 0) is 9.59 Å². The van der Waals surface area contributed by atoms with E-state index in [9.17, 15) is 0 Å². The quantitative estimate of drug-likeness (QED) is 0.239. The molecule has 4 nitrogen and oxygen atoms in total. The monoisotopic (exact) mass is 540 g/mol. The summed E-state index contributed by atoms with van der Waals surface area (Å²) in [7, 11) is 0. The van der Waals surface area contributed by atoms with Gasteiger partial charge in [-0.15, -0.1) is 0 Å². The van der Waals surface area contributed by atoms with Gasteiger partial charge in [0.15, 0.2) is 0 Å². The first-order valence-corrected chi connectivity index (χ1v) is 1.11. The second-order valence-electron chi connectivity index (χ2n) is 0.610. The number of hydrogen-bond acceptors (Lipinski definition) is 2. The maximum absolute atomic E-state index is 9.10. The third kappa shape index (κ3) is 31.4. The van der Waals surface area contributed by atoms with Crippen LogP contribution in [0.2, 0.25) is 0 Å². The molecule has 54 valence electrons. The van der Waals surface area contributed by atoms with Gasteiger partial charge < -0.3 is 10.2 Å². The van der Waals surface area contributed by atoms with E-state index in [1.165, 1.54) is 0 Å². The van der Waals surface area contributed by atoms with Crippen LogP contribution in [0.5, 0.6) is 0 Å². The van der Waals surface area contributed by atoms with Crippen molar-refractivity contribution in [1.82, 2.24) is 0 Å². The van der Waals surface area contributed by atoms with Gasteiger partial charge in [-0.05, 0) is 0 Å². The Morgan fingerprint density at radius 1 is 0.636 bits per heavy atom. The van der Waals surface area contributed by atoms with Crippen molar-refractivity contribution in [3.63, 3.8) is 0 Å². The van der Waals surface area contributed by atoms with Gasteiger partial charge in [0.05, 0.1) is 0 Å². The topological polar surface area (TPSA) is 74.6 Å². The van der Waals surface area contributed by atoms with Gasteiger partial charge in [-0.3, -0.25) is 0 Å². The van der Waals surface area contributed by atoms with Gasteiger partial charge in [0.1, 0.15) is 0 Å². The molecule has 0 rings (SSSR count). The Morgan fingerprint density at radius 2 is 0.727 bits per heavy atom. The molecule has 0 atom stereocenters. The van der Waals surface area contributed by atoms with Crippen molar-refractivity contribution in [2.45, 2.75) is 0 Å². The van der Waals surface area contributed by atoms with E-state index >= 15 is 0 Å². The summed E-state index contributed by atoms with van der Waals surface area (Å²) in [6.45, 7) is 0. The van der Waals surface area contributed by atoms with Gasteiger partial charge in [-0.2, -0.15) is 0 Å². The first kappa shape index (κ1) is 36.0. The second-order valence-corrected chi connectivity index (χ2v) is 0.610. The average Bonchev–Trinajstić information content (AvgIpc) is 1.36. The van der Waals surface area contributed by atoms with Crippen LogP contribution in [0, 0.1) is 0 Å². The third-order valence-electron chi connectivity index (χ3n) is 0.183. The molecule has 0 aliphatic heterocycles. The van der Waals surface area contributed by atoms with E-state index in [4.69, 9.17) is 19.8 Å².